The molecular weight excluding hydrogens is 190 g/mol. The van der Waals surface area contributed by atoms with Crippen molar-refractivity contribution < 1.29 is 0 Å². The first-order valence-electron chi connectivity index (χ1n) is 5.00. The van der Waals surface area contributed by atoms with E-state index in [1.165, 1.54) is 28.6 Å². The van der Waals surface area contributed by atoms with Gasteiger partial charge in [-0.1, -0.05) is 18.2 Å². The van der Waals surface area contributed by atoms with Crippen LogP contribution in [0.2, 0.25) is 0 Å². The Morgan fingerprint density at radius 2 is 2.14 bits per heavy atom. The number of aromatic nitrogens is 1. The number of para-hydroxylation sites is 1. The lowest BCUT2D eigenvalue weighted by atomic mass is 9.96. The molecule has 1 aliphatic rings. The largest absolute Gasteiger partial charge is 0.361 e. The lowest BCUT2D eigenvalue weighted by Gasteiger charge is -2.37. The van der Waals surface area contributed by atoms with Gasteiger partial charge in [-0.2, -0.15) is 11.8 Å². The Morgan fingerprint density at radius 1 is 1.36 bits per heavy atom. The van der Waals surface area contributed by atoms with Crippen molar-refractivity contribution in [2.45, 2.75) is 18.1 Å². The number of rotatable bonds is 1. The highest BCUT2D eigenvalue weighted by molar-refractivity contribution is 8.01. The molecule has 0 bridgehead atoms. The number of benzene rings is 1. The van der Waals surface area contributed by atoms with E-state index in [9.17, 15) is 0 Å². The molecule has 72 valence electrons. The smallest absolute Gasteiger partial charge is 0.0457 e. The van der Waals surface area contributed by atoms with Crippen molar-refractivity contribution in [1.29, 1.82) is 0 Å². The third kappa shape index (κ3) is 1.04. The van der Waals surface area contributed by atoms with Gasteiger partial charge in [-0.3, -0.25) is 0 Å². The van der Waals surface area contributed by atoms with Crippen LogP contribution in [-0.4, -0.2) is 10.7 Å². The van der Waals surface area contributed by atoms with E-state index in [-0.39, 0.29) is 0 Å². The molecule has 1 atom stereocenters. The number of aromatic amines is 1. The highest BCUT2D eigenvalue weighted by Crippen LogP contribution is 2.50. The Bertz CT molecular complexity index is 468. The van der Waals surface area contributed by atoms with Crippen molar-refractivity contribution in [3.8, 4) is 0 Å². The Labute approximate surface area is 87.9 Å². The second-order valence-corrected chi connectivity index (χ2v) is 5.68. The zero-order valence-corrected chi connectivity index (χ0v) is 9.03. The molecule has 0 aliphatic carbocycles. The van der Waals surface area contributed by atoms with Gasteiger partial charge >= 0.3 is 0 Å². The van der Waals surface area contributed by atoms with E-state index in [0.29, 0.717) is 4.75 Å². The molecule has 1 aliphatic heterocycles. The lowest BCUT2D eigenvalue weighted by Crippen LogP contribution is -2.27. The molecule has 1 N–H and O–H groups in total. The zero-order valence-electron chi connectivity index (χ0n) is 8.21. The van der Waals surface area contributed by atoms with E-state index in [0.717, 1.165) is 0 Å². The van der Waals surface area contributed by atoms with Crippen LogP contribution in [-0.2, 0) is 4.75 Å². The molecule has 14 heavy (non-hydrogen) atoms. The van der Waals surface area contributed by atoms with Gasteiger partial charge in [0.15, 0.2) is 0 Å². The molecule has 1 fully saturated rings. The van der Waals surface area contributed by atoms with E-state index in [4.69, 9.17) is 0 Å². The van der Waals surface area contributed by atoms with E-state index < -0.39 is 0 Å². The summed E-state index contributed by atoms with van der Waals surface area (Å²) < 4.78 is 0.361. The number of nitrogens with one attached hydrogen (secondary N) is 1. The van der Waals surface area contributed by atoms with Crippen molar-refractivity contribution in [2.75, 3.05) is 5.75 Å². The first kappa shape index (κ1) is 8.42. The molecule has 0 radical (unpaired) electrons. The fraction of sp³-hybridized carbons (Fsp3) is 0.333. The summed E-state index contributed by atoms with van der Waals surface area (Å²) in [6.07, 6.45) is 3.48. The van der Waals surface area contributed by atoms with Gasteiger partial charge in [0.25, 0.3) is 0 Å². The summed E-state index contributed by atoms with van der Waals surface area (Å²) >= 11 is 2.06. The minimum atomic E-state index is 0.361. The highest BCUT2D eigenvalue weighted by atomic mass is 32.2. The van der Waals surface area contributed by atoms with Crippen LogP contribution in [0.3, 0.4) is 0 Å². The van der Waals surface area contributed by atoms with E-state index in [1.807, 2.05) is 0 Å². The van der Waals surface area contributed by atoms with Gasteiger partial charge in [0, 0.05) is 21.8 Å². The number of hydrogen-bond donors (Lipinski definition) is 1. The molecule has 0 saturated carbocycles. The summed E-state index contributed by atoms with van der Waals surface area (Å²) in [5, 5.41) is 1.39. The lowest BCUT2D eigenvalue weighted by molar-refractivity contribution is 0.631. The number of thioether (sulfide) groups is 1. The molecular formula is C12H13NS. The Morgan fingerprint density at radius 3 is 2.86 bits per heavy atom. The summed E-state index contributed by atoms with van der Waals surface area (Å²) in [4.78, 5) is 3.35. The summed E-state index contributed by atoms with van der Waals surface area (Å²) in [5.41, 5.74) is 2.74. The van der Waals surface area contributed by atoms with E-state index in [2.05, 4.69) is 54.1 Å². The average Bonchev–Trinajstić information content (AvgIpc) is 2.58. The van der Waals surface area contributed by atoms with Gasteiger partial charge in [0.05, 0.1) is 0 Å². The van der Waals surface area contributed by atoms with Gasteiger partial charge in [-0.25, -0.2) is 0 Å². The van der Waals surface area contributed by atoms with Crippen LogP contribution in [0.5, 0.6) is 0 Å². The molecule has 3 rings (SSSR count). The SMILES string of the molecule is CC1(c2c[nH]c3ccccc23)CCS1. The van der Waals surface area contributed by atoms with Crippen LogP contribution in [0.4, 0.5) is 0 Å². The quantitative estimate of drug-likeness (QED) is 0.749. The predicted octanol–water partition coefficient (Wildman–Crippen LogP) is 3.52. The minimum Gasteiger partial charge on any atom is -0.361 e. The standard InChI is InChI=1S/C12H13NS/c1-12(6-7-14-12)10-8-13-11-5-3-2-4-9(10)11/h2-5,8,13H,6-7H2,1H3. The summed E-state index contributed by atoms with van der Waals surface area (Å²) in [7, 11) is 0. The van der Waals surface area contributed by atoms with Crippen LogP contribution in [0, 0.1) is 0 Å². The van der Waals surface area contributed by atoms with Crippen molar-refractivity contribution in [1.82, 2.24) is 4.98 Å². The summed E-state index contributed by atoms with van der Waals surface area (Å²) in [6, 6.07) is 8.56. The fourth-order valence-corrected chi connectivity index (χ4v) is 3.27. The minimum absolute atomic E-state index is 0.361. The molecule has 2 heterocycles. The van der Waals surface area contributed by atoms with Crippen molar-refractivity contribution >= 4 is 22.7 Å². The predicted molar refractivity (Wildman–Crippen MR) is 62.7 cm³/mol. The molecule has 0 spiro atoms. The van der Waals surface area contributed by atoms with E-state index >= 15 is 0 Å². The van der Waals surface area contributed by atoms with Crippen LogP contribution >= 0.6 is 11.8 Å². The van der Waals surface area contributed by atoms with Gasteiger partial charge in [0.2, 0.25) is 0 Å². The second-order valence-electron chi connectivity index (χ2n) is 4.08. The Balaban J connectivity index is 2.22. The first-order chi connectivity index (χ1) is 6.80. The van der Waals surface area contributed by atoms with Crippen LogP contribution in [0.15, 0.2) is 30.5 Å². The van der Waals surface area contributed by atoms with Gasteiger partial charge in [0.1, 0.15) is 0 Å². The molecule has 2 heteroatoms. The molecule has 1 aromatic heterocycles. The maximum absolute atomic E-state index is 3.35. The van der Waals surface area contributed by atoms with Crippen molar-refractivity contribution in [3.63, 3.8) is 0 Å². The highest BCUT2D eigenvalue weighted by Gasteiger charge is 2.36. The van der Waals surface area contributed by atoms with Crippen LogP contribution < -0.4 is 0 Å². The molecule has 1 nitrogen and oxygen atoms in total. The average molecular weight is 203 g/mol. The number of fused-ring (bicyclic) bond motifs is 1. The van der Waals surface area contributed by atoms with Gasteiger partial charge in [-0.05, 0) is 30.7 Å². The van der Waals surface area contributed by atoms with Gasteiger partial charge < -0.3 is 4.98 Å². The van der Waals surface area contributed by atoms with Crippen LogP contribution in [0.25, 0.3) is 10.9 Å². The maximum atomic E-state index is 3.35. The first-order valence-corrected chi connectivity index (χ1v) is 5.99. The molecule has 0 amide bonds. The van der Waals surface area contributed by atoms with Crippen molar-refractivity contribution in [3.05, 3.63) is 36.0 Å². The third-order valence-electron chi connectivity index (χ3n) is 3.16. The van der Waals surface area contributed by atoms with Gasteiger partial charge in [-0.15, -0.1) is 0 Å². The Hall–Kier alpha value is -0.890. The summed E-state index contributed by atoms with van der Waals surface area (Å²) in [5.74, 6) is 1.30. The summed E-state index contributed by atoms with van der Waals surface area (Å²) in [6.45, 7) is 2.34. The monoisotopic (exact) mass is 203 g/mol. The second kappa shape index (κ2) is 2.80. The maximum Gasteiger partial charge on any atom is 0.0457 e. The Kier molecular flexibility index (Phi) is 1.68. The number of H-pyrrole nitrogens is 1. The zero-order chi connectivity index (χ0) is 9.60. The molecule has 1 aromatic carbocycles. The normalized spacial score (nSPS) is 26.4. The molecule has 1 unspecified atom stereocenters. The topological polar surface area (TPSA) is 15.8 Å². The molecule has 2 aromatic rings. The van der Waals surface area contributed by atoms with E-state index in [1.54, 1.807) is 0 Å². The number of hydrogen-bond acceptors (Lipinski definition) is 1. The molecule has 1 saturated heterocycles. The van der Waals surface area contributed by atoms with Crippen molar-refractivity contribution in [2.24, 2.45) is 0 Å². The third-order valence-corrected chi connectivity index (χ3v) is 4.63. The van der Waals surface area contributed by atoms with Crippen LogP contribution in [0.1, 0.15) is 18.9 Å². The fourth-order valence-electron chi connectivity index (χ4n) is 2.13.